The predicted molar refractivity (Wildman–Crippen MR) is 83.4 cm³/mol. The van der Waals surface area contributed by atoms with Gasteiger partial charge in [-0.05, 0) is 31.9 Å². The highest BCUT2D eigenvalue weighted by atomic mass is 16.5. The normalized spacial score (nSPS) is 14.1. The molecule has 1 aliphatic rings. The van der Waals surface area contributed by atoms with E-state index in [1.165, 1.54) is 12.8 Å². The fraction of sp³-hybridized carbons (Fsp3) is 0.400. The van der Waals surface area contributed by atoms with Crippen molar-refractivity contribution in [2.75, 3.05) is 29.9 Å². The van der Waals surface area contributed by atoms with E-state index in [1.54, 1.807) is 12.3 Å². The maximum Gasteiger partial charge on any atom is 0.274 e. The minimum Gasteiger partial charge on any atom is -0.477 e. The second kappa shape index (κ2) is 6.46. The summed E-state index contributed by atoms with van der Waals surface area (Å²) in [5, 5.41) is 9.28. The van der Waals surface area contributed by atoms with Gasteiger partial charge in [-0.2, -0.15) is 0 Å². The van der Waals surface area contributed by atoms with Crippen molar-refractivity contribution in [3.05, 3.63) is 30.1 Å². The zero-order valence-corrected chi connectivity index (χ0v) is 12.5. The first-order valence-electron chi connectivity index (χ1n) is 7.47. The van der Waals surface area contributed by atoms with E-state index in [9.17, 15) is 4.79 Å². The van der Waals surface area contributed by atoms with Crippen LogP contribution in [0.5, 0.6) is 5.88 Å². The summed E-state index contributed by atoms with van der Waals surface area (Å²) in [4.78, 5) is 18.7. The molecule has 0 bridgehead atoms. The molecule has 1 aliphatic heterocycles. The molecule has 2 N–H and O–H groups in total. The van der Waals surface area contributed by atoms with Crippen molar-refractivity contribution in [1.82, 2.24) is 15.2 Å². The molecule has 2 aromatic rings. The Morgan fingerprint density at radius 1 is 1.41 bits per heavy atom. The van der Waals surface area contributed by atoms with Crippen molar-refractivity contribution in [2.24, 2.45) is 0 Å². The first kappa shape index (κ1) is 14.4. The number of aromatic amines is 1. The van der Waals surface area contributed by atoms with Crippen molar-refractivity contribution in [1.29, 1.82) is 0 Å². The standard InChI is InChI=1S/C15H19N5O2/c1-2-22-14-9-12(18-19-14)15(21)17-13-6-5-11(10-16-13)20-7-3-4-8-20/h5-6,9-10H,2-4,7-8H2,1H3,(H,18,19)(H,16,17,21). The number of anilines is 2. The first-order chi connectivity index (χ1) is 10.8. The third kappa shape index (κ3) is 3.19. The molecule has 1 saturated heterocycles. The summed E-state index contributed by atoms with van der Waals surface area (Å²) in [5.74, 6) is 0.630. The van der Waals surface area contributed by atoms with Crippen molar-refractivity contribution in [3.63, 3.8) is 0 Å². The Hall–Kier alpha value is -2.57. The number of nitrogens with one attached hydrogen (secondary N) is 2. The van der Waals surface area contributed by atoms with Gasteiger partial charge in [-0.25, -0.2) is 4.98 Å². The highest BCUT2D eigenvalue weighted by molar-refractivity contribution is 6.02. The van der Waals surface area contributed by atoms with E-state index in [-0.39, 0.29) is 5.91 Å². The predicted octanol–water partition coefficient (Wildman–Crippen LogP) is 2.06. The average Bonchev–Trinajstić information content (AvgIpc) is 3.20. The van der Waals surface area contributed by atoms with E-state index in [4.69, 9.17) is 4.74 Å². The largest absolute Gasteiger partial charge is 0.477 e. The van der Waals surface area contributed by atoms with Crippen molar-refractivity contribution < 1.29 is 9.53 Å². The van der Waals surface area contributed by atoms with Crippen LogP contribution in [0, 0.1) is 0 Å². The zero-order valence-electron chi connectivity index (χ0n) is 12.5. The van der Waals surface area contributed by atoms with Crippen molar-refractivity contribution >= 4 is 17.4 Å². The van der Waals surface area contributed by atoms with Crippen molar-refractivity contribution in [2.45, 2.75) is 19.8 Å². The third-order valence-electron chi connectivity index (χ3n) is 3.55. The molecule has 0 aromatic carbocycles. The van der Waals surface area contributed by atoms with Crippen LogP contribution in [0.1, 0.15) is 30.3 Å². The summed E-state index contributed by atoms with van der Waals surface area (Å²) in [6.45, 7) is 4.51. The first-order valence-corrected chi connectivity index (χ1v) is 7.47. The molecule has 1 fully saturated rings. The maximum absolute atomic E-state index is 12.1. The molecule has 7 nitrogen and oxygen atoms in total. The quantitative estimate of drug-likeness (QED) is 0.883. The van der Waals surface area contributed by atoms with Crippen LogP contribution in [0.25, 0.3) is 0 Å². The van der Waals surface area contributed by atoms with Crippen LogP contribution in [-0.2, 0) is 0 Å². The van der Waals surface area contributed by atoms with E-state index in [2.05, 4.69) is 25.4 Å². The number of amides is 1. The van der Waals surface area contributed by atoms with E-state index < -0.39 is 0 Å². The molecule has 1 amide bonds. The second-order valence-corrected chi connectivity index (χ2v) is 5.10. The summed E-state index contributed by atoms with van der Waals surface area (Å²) in [6.07, 6.45) is 4.24. The fourth-order valence-corrected chi connectivity index (χ4v) is 2.45. The minimum absolute atomic E-state index is 0.292. The highest BCUT2D eigenvalue weighted by Gasteiger charge is 2.14. The van der Waals surface area contributed by atoms with Gasteiger partial charge in [0.2, 0.25) is 5.88 Å². The van der Waals surface area contributed by atoms with E-state index in [1.807, 2.05) is 19.1 Å². The minimum atomic E-state index is -0.292. The fourth-order valence-electron chi connectivity index (χ4n) is 2.45. The zero-order chi connectivity index (χ0) is 15.4. The van der Waals surface area contributed by atoms with Crippen LogP contribution in [-0.4, -0.2) is 40.8 Å². The van der Waals surface area contributed by atoms with Gasteiger partial charge in [0.15, 0.2) is 0 Å². The van der Waals surface area contributed by atoms with Crippen LogP contribution in [0.2, 0.25) is 0 Å². The van der Waals surface area contributed by atoms with Gasteiger partial charge in [-0.15, -0.1) is 5.10 Å². The third-order valence-corrected chi connectivity index (χ3v) is 3.55. The molecule has 3 heterocycles. The molecule has 0 unspecified atom stereocenters. The number of carbonyl (C=O) groups excluding carboxylic acids is 1. The van der Waals surface area contributed by atoms with Gasteiger partial charge in [-0.3, -0.25) is 9.89 Å². The van der Waals surface area contributed by atoms with Crippen LogP contribution in [0.3, 0.4) is 0 Å². The van der Waals surface area contributed by atoms with E-state index in [0.717, 1.165) is 18.8 Å². The van der Waals surface area contributed by atoms with Crippen LogP contribution >= 0.6 is 0 Å². The average molecular weight is 301 g/mol. The SMILES string of the molecule is CCOc1cc(C(=O)Nc2ccc(N3CCCC3)cn2)[nH]n1. The molecule has 2 aromatic heterocycles. The Kier molecular flexibility index (Phi) is 4.22. The Labute approximate surface area is 128 Å². The van der Waals surface area contributed by atoms with Gasteiger partial charge in [-0.1, -0.05) is 0 Å². The number of rotatable bonds is 5. The summed E-state index contributed by atoms with van der Waals surface area (Å²) < 4.78 is 5.22. The lowest BCUT2D eigenvalue weighted by Gasteiger charge is -2.17. The number of hydrogen-bond donors (Lipinski definition) is 2. The molecular formula is C15H19N5O2. The molecule has 116 valence electrons. The number of aromatic nitrogens is 3. The lowest BCUT2D eigenvalue weighted by Crippen LogP contribution is -2.18. The number of ether oxygens (including phenoxy) is 1. The molecule has 22 heavy (non-hydrogen) atoms. The Morgan fingerprint density at radius 3 is 2.91 bits per heavy atom. The maximum atomic E-state index is 12.1. The number of nitrogens with zero attached hydrogens (tertiary/aromatic N) is 3. The number of pyridine rings is 1. The molecule has 0 aliphatic carbocycles. The number of hydrogen-bond acceptors (Lipinski definition) is 5. The van der Waals surface area contributed by atoms with Gasteiger partial charge in [0.25, 0.3) is 5.91 Å². The second-order valence-electron chi connectivity index (χ2n) is 5.10. The molecule has 0 radical (unpaired) electrons. The highest BCUT2D eigenvalue weighted by Crippen LogP contribution is 2.20. The monoisotopic (exact) mass is 301 g/mol. The molecule has 0 saturated carbocycles. The molecule has 0 atom stereocenters. The molecule has 0 spiro atoms. The van der Waals surface area contributed by atoms with Gasteiger partial charge >= 0.3 is 0 Å². The van der Waals surface area contributed by atoms with Gasteiger partial charge in [0.05, 0.1) is 18.5 Å². The Morgan fingerprint density at radius 2 is 2.23 bits per heavy atom. The van der Waals surface area contributed by atoms with Gasteiger partial charge in [0, 0.05) is 19.2 Å². The summed E-state index contributed by atoms with van der Waals surface area (Å²) in [7, 11) is 0. The topological polar surface area (TPSA) is 83.1 Å². The van der Waals surface area contributed by atoms with Crippen LogP contribution in [0.15, 0.2) is 24.4 Å². The molecular weight excluding hydrogens is 282 g/mol. The van der Waals surface area contributed by atoms with E-state index >= 15 is 0 Å². The smallest absolute Gasteiger partial charge is 0.274 e. The Balaban J connectivity index is 1.63. The number of H-pyrrole nitrogens is 1. The lowest BCUT2D eigenvalue weighted by atomic mass is 10.3. The molecule has 3 rings (SSSR count). The number of carbonyl (C=O) groups is 1. The summed E-state index contributed by atoms with van der Waals surface area (Å²) in [5.41, 5.74) is 1.43. The summed E-state index contributed by atoms with van der Waals surface area (Å²) >= 11 is 0. The Bertz CT molecular complexity index is 632. The lowest BCUT2D eigenvalue weighted by molar-refractivity contribution is 0.102. The van der Waals surface area contributed by atoms with Crippen LogP contribution in [0.4, 0.5) is 11.5 Å². The van der Waals surface area contributed by atoms with E-state index in [0.29, 0.717) is 24.0 Å². The van der Waals surface area contributed by atoms with Crippen LogP contribution < -0.4 is 15.0 Å². The van der Waals surface area contributed by atoms with Crippen molar-refractivity contribution in [3.8, 4) is 5.88 Å². The van der Waals surface area contributed by atoms with Gasteiger partial charge < -0.3 is 15.0 Å². The molecule has 7 heteroatoms. The summed E-state index contributed by atoms with van der Waals surface area (Å²) in [6, 6.07) is 5.36. The van der Waals surface area contributed by atoms with Gasteiger partial charge in [0.1, 0.15) is 11.5 Å².